The Morgan fingerprint density at radius 2 is 1.82 bits per heavy atom. The molecule has 2 atom stereocenters. The average Bonchev–Trinajstić information content (AvgIpc) is 2.28. The van der Waals surface area contributed by atoms with E-state index in [4.69, 9.17) is 5.21 Å². The van der Waals surface area contributed by atoms with E-state index in [1.165, 1.54) is 5.56 Å². The first-order valence-corrected chi connectivity index (χ1v) is 6.03. The minimum absolute atomic E-state index is 0.405. The zero-order valence-electron chi connectivity index (χ0n) is 10.5. The predicted molar refractivity (Wildman–Crippen MR) is 69.4 cm³/mol. The Balaban J connectivity index is 2.46. The van der Waals surface area contributed by atoms with Gasteiger partial charge in [0.05, 0.1) is 11.8 Å². The Hall–Kier alpha value is -1.35. The highest BCUT2D eigenvalue weighted by Gasteiger charge is 2.11. The molecule has 3 nitrogen and oxygen atoms in total. The van der Waals surface area contributed by atoms with Gasteiger partial charge in [-0.1, -0.05) is 42.4 Å². The second-order valence-corrected chi connectivity index (χ2v) is 4.72. The van der Waals surface area contributed by atoms with Gasteiger partial charge in [0, 0.05) is 6.42 Å². The van der Waals surface area contributed by atoms with Crippen LogP contribution < -0.4 is 0 Å². The Labute approximate surface area is 103 Å². The van der Waals surface area contributed by atoms with E-state index in [2.05, 4.69) is 24.2 Å². The van der Waals surface area contributed by atoms with Crippen LogP contribution in [0.1, 0.15) is 32.3 Å². The monoisotopic (exact) mass is 235 g/mol. The molecule has 0 fully saturated rings. The molecule has 0 amide bonds. The van der Waals surface area contributed by atoms with Gasteiger partial charge in [-0.05, 0) is 31.2 Å². The topological polar surface area (TPSA) is 52.8 Å². The van der Waals surface area contributed by atoms with Crippen LogP contribution in [0.5, 0.6) is 0 Å². The lowest BCUT2D eigenvalue weighted by Crippen LogP contribution is -2.14. The van der Waals surface area contributed by atoms with Gasteiger partial charge in [0.2, 0.25) is 0 Å². The van der Waals surface area contributed by atoms with Gasteiger partial charge in [0.25, 0.3) is 0 Å². The normalized spacial score (nSPS) is 15.6. The summed E-state index contributed by atoms with van der Waals surface area (Å²) in [6.07, 6.45) is 1.66. The number of aliphatic hydroxyl groups is 1. The molecule has 0 radical (unpaired) electrons. The minimum atomic E-state index is -0.454. The number of nitrogens with zero attached hydrogens (tertiary/aromatic N) is 1. The van der Waals surface area contributed by atoms with Gasteiger partial charge in [-0.3, -0.25) is 0 Å². The largest absolute Gasteiger partial charge is 0.411 e. The summed E-state index contributed by atoms with van der Waals surface area (Å²) in [5, 5.41) is 21.4. The number of hydrogen-bond donors (Lipinski definition) is 2. The van der Waals surface area contributed by atoms with E-state index in [0.717, 1.165) is 12.8 Å². The highest BCUT2D eigenvalue weighted by molar-refractivity contribution is 5.84. The maximum absolute atomic E-state index is 9.26. The van der Waals surface area contributed by atoms with Crippen LogP contribution in [-0.4, -0.2) is 22.1 Å². The summed E-state index contributed by atoms with van der Waals surface area (Å²) in [6, 6.07) is 10.3. The Morgan fingerprint density at radius 1 is 1.18 bits per heavy atom. The third-order valence-electron chi connectivity index (χ3n) is 2.68. The lowest BCUT2D eigenvalue weighted by molar-refractivity contribution is 0.200. The predicted octanol–water partition coefficient (Wildman–Crippen LogP) is 2.86. The number of aliphatic hydroxyl groups excluding tert-OH is 1. The van der Waals surface area contributed by atoms with Crippen molar-refractivity contribution in [3.8, 4) is 0 Å². The van der Waals surface area contributed by atoms with Gasteiger partial charge in [-0.15, -0.1) is 0 Å². The van der Waals surface area contributed by atoms with Gasteiger partial charge >= 0.3 is 0 Å². The molecule has 2 unspecified atom stereocenters. The van der Waals surface area contributed by atoms with Gasteiger partial charge < -0.3 is 10.3 Å². The first-order valence-electron chi connectivity index (χ1n) is 6.03. The number of benzene rings is 1. The first-order chi connectivity index (χ1) is 8.11. The smallest absolute Gasteiger partial charge is 0.0599 e. The molecule has 2 N–H and O–H groups in total. The van der Waals surface area contributed by atoms with Crippen molar-refractivity contribution in [3.63, 3.8) is 0 Å². The van der Waals surface area contributed by atoms with Gasteiger partial charge in [-0.2, -0.15) is 0 Å². The number of hydrogen-bond acceptors (Lipinski definition) is 3. The summed E-state index contributed by atoms with van der Waals surface area (Å²) < 4.78 is 0. The van der Waals surface area contributed by atoms with E-state index in [-0.39, 0.29) is 0 Å². The quantitative estimate of drug-likeness (QED) is 0.452. The van der Waals surface area contributed by atoms with Crippen molar-refractivity contribution in [1.29, 1.82) is 0 Å². The van der Waals surface area contributed by atoms with Crippen LogP contribution >= 0.6 is 0 Å². The Kier molecular flexibility index (Phi) is 5.70. The van der Waals surface area contributed by atoms with Crippen LogP contribution in [0.25, 0.3) is 0 Å². The first kappa shape index (κ1) is 13.7. The van der Waals surface area contributed by atoms with E-state index in [9.17, 15) is 5.11 Å². The van der Waals surface area contributed by atoms with Crippen molar-refractivity contribution in [2.24, 2.45) is 11.1 Å². The molecular weight excluding hydrogens is 214 g/mol. The van der Waals surface area contributed by atoms with Crippen molar-refractivity contribution < 1.29 is 10.3 Å². The molecule has 0 bridgehead atoms. The van der Waals surface area contributed by atoms with E-state index in [0.29, 0.717) is 18.1 Å². The second kappa shape index (κ2) is 7.07. The SMILES string of the molecule is CC(O)C/C(CC(C)Cc1ccccc1)=N\O. The molecule has 0 heterocycles. The van der Waals surface area contributed by atoms with Crippen molar-refractivity contribution in [2.45, 2.75) is 39.2 Å². The molecule has 1 rings (SSSR count). The molecular formula is C14H21NO2. The molecule has 94 valence electrons. The lowest BCUT2D eigenvalue weighted by Gasteiger charge is -2.13. The van der Waals surface area contributed by atoms with Crippen LogP contribution in [-0.2, 0) is 6.42 Å². The van der Waals surface area contributed by atoms with E-state index >= 15 is 0 Å². The van der Waals surface area contributed by atoms with Crippen LogP contribution in [0.4, 0.5) is 0 Å². The fourth-order valence-electron chi connectivity index (χ4n) is 2.00. The molecule has 1 aromatic carbocycles. The summed E-state index contributed by atoms with van der Waals surface area (Å²) in [6.45, 7) is 3.83. The highest BCUT2D eigenvalue weighted by Crippen LogP contribution is 2.14. The molecule has 0 aliphatic heterocycles. The van der Waals surface area contributed by atoms with E-state index < -0.39 is 6.10 Å². The summed E-state index contributed by atoms with van der Waals surface area (Å²) >= 11 is 0. The number of oxime groups is 1. The maximum Gasteiger partial charge on any atom is 0.0599 e. The van der Waals surface area contributed by atoms with Gasteiger partial charge in [-0.25, -0.2) is 0 Å². The average molecular weight is 235 g/mol. The lowest BCUT2D eigenvalue weighted by atomic mass is 9.94. The zero-order valence-corrected chi connectivity index (χ0v) is 10.5. The summed E-state index contributed by atoms with van der Waals surface area (Å²) in [7, 11) is 0. The summed E-state index contributed by atoms with van der Waals surface area (Å²) in [5.74, 6) is 0.405. The van der Waals surface area contributed by atoms with Crippen molar-refractivity contribution >= 4 is 5.71 Å². The van der Waals surface area contributed by atoms with E-state index in [1.807, 2.05) is 18.2 Å². The molecule has 0 saturated carbocycles. The molecule has 0 aliphatic carbocycles. The van der Waals surface area contributed by atoms with Crippen LogP contribution in [0.3, 0.4) is 0 Å². The fraction of sp³-hybridized carbons (Fsp3) is 0.500. The Morgan fingerprint density at radius 3 is 2.35 bits per heavy atom. The highest BCUT2D eigenvalue weighted by atomic mass is 16.4. The third-order valence-corrected chi connectivity index (χ3v) is 2.68. The minimum Gasteiger partial charge on any atom is -0.411 e. The molecule has 0 saturated heterocycles. The van der Waals surface area contributed by atoms with Crippen LogP contribution in [0.15, 0.2) is 35.5 Å². The van der Waals surface area contributed by atoms with Crippen molar-refractivity contribution in [2.75, 3.05) is 0 Å². The van der Waals surface area contributed by atoms with Crippen LogP contribution in [0.2, 0.25) is 0 Å². The molecule has 3 heteroatoms. The third kappa shape index (κ3) is 5.50. The van der Waals surface area contributed by atoms with Gasteiger partial charge in [0.1, 0.15) is 0 Å². The standard InChI is InChI=1S/C14H21NO2/c1-11(8-13-6-4-3-5-7-13)9-14(15-17)10-12(2)16/h3-7,11-12,16-17H,8-10H2,1-2H3/b15-14-. The summed E-state index contributed by atoms with van der Waals surface area (Å²) in [5.41, 5.74) is 1.96. The molecule has 0 aromatic heterocycles. The van der Waals surface area contributed by atoms with Crippen molar-refractivity contribution in [1.82, 2.24) is 0 Å². The molecule has 1 aromatic rings. The van der Waals surface area contributed by atoms with E-state index in [1.54, 1.807) is 6.92 Å². The summed E-state index contributed by atoms with van der Waals surface area (Å²) in [4.78, 5) is 0. The fourth-order valence-corrected chi connectivity index (χ4v) is 2.00. The van der Waals surface area contributed by atoms with Gasteiger partial charge in [0.15, 0.2) is 0 Å². The van der Waals surface area contributed by atoms with Crippen molar-refractivity contribution in [3.05, 3.63) is 35.9 Å². The zero-order chi connectivity index (χ0) is 12.7. The number of rotatable bonds is 6. The van der Waals surface area contributed by atoms with Crippen LogP contribution in [0, 0.1) is 5.92 Å². The molecule has 17 heavy (non-hydrogen) atoms. The maximum atomic E-state index is 9.26. The molecule has 0 aliphatic rings. The molecule has 0 spiro atoms. The second-order valence-electron chi connectivity index (χ2n) is 4.72. The Bertz CT molecular complexity index is 346.